The van der Waals surface area contributed by atoms with Crippen LogP contribution < -0.4 is 0 Å². The van der Waals surface area contributed by atoms with Crippen LogP contribution in [0.4, 0.5) is 0 Å². The Morgan fingerprint density at radius 2 is 0.787 bits per heavy atom. The molecule has 0 unspecified atom stereocenters. The van der Waals surface area contributed by atoms with Crippen molar-refractivity contribution in [1.82, 2.24) is 42.9 Å². The Bertz CT molecular complexity index is 3020. The first kappa shape index (κ1) is 24.6. The van der Waals surface area contributed by atoms with E-state index in [1.165, 1.54) is 0 Å². The van der Waals surface area contributed by atoms with Crippen molar-refractivity contribution in [2.75, 3.05) is 0 Å². The second-order valence-corrected chi connectivity index (χ2v) is 11.8. The lowest BCUT2D eigenvalue weighted by Crippen LogP contribution is -2.00. The zero-order chi connectivity index (χ0) is 30.6. The van der Waals surface area contributed by atoms with E-state index in [0.717, 1.165) is 83.8 Å². The molecule has 220 valence electrons. The highest BCUT2D eigenvalue weighted by Crippen LogP contribution is 2.31. The third kappa shape index (κ3) is 3.31. The summed E-state index contributed by atoms with van der Waals surface area (Å²) in [4.78, 5) is 11.7. The summed E-state index contributed by atoms with van der Waals surface area (Å²) in [7, 11) is 0. The molecule has 0 atom stereocenters. The van der Waals surface area contributed by atoms with Gasteiger partial charge in [-0.05, 0) is 91.0 Å². The number of aromatic nitrogens is 9. The lowest BCUT2D eigenvalue weighted by atomic mass is 10.2. The smallest absolute Gasteiger partial charge is 0.220 e. The van der Waals surface area contributed by atoms with Crippen molar-refractivity contribution in [2.24, 2.45) is 0 Å². The molecule has 9 heteroatoms. The number of hydrogen-bond acceptors (Lipinski definition) is 4. The molecule has 6 aromatic carbocycles. The van der Waals surface area contributed by atoms with Crippen LogP contribution in [0.1, 0.15) is 0 Å². The van der Waals surface area contributed by atoms with Gasteiger partial charge in [0.05, 0.1) is 55.5 Å². The average molecular weight is 606 g/mol. The molecule has 11 rings (SSSR count). The van der Waals surface area contributed by atoms with E-state index in [0.29, 0.717) is 0 Å². The van der Waals surface area contributed by atoms with E-state index in [1.54, 1.807) is 4.80 Å². The largest absolute Gasteiger partial charge is 0.278 e. The summed E-state index contributed by atoms with van der Waals surface area (Å²) < 4.78 is 8.86. The molecule has 0 aliphatic rings. The first-order valence-corrected chi connectivity index (χ1v) is 15.5. The van der Waals surface area contributed by atoms with Crippen LogP contribution >= 0.6 is 0 Å². The average Bonchev–Trinajstić information content (AvgIpc) is 3.92. The molecule has 0 aliphatic heterocycles. The summed E-state index contributed by atoms with van der Waals surface area (Å²) in [5, 5.41) is 9.76. The lowest BCUT2D eigenvalue weighted by Gasteiger charge is -2.06. The van der Waals surface area contributed by atoms with E-state index in [9.17, 15) is 0 Å². The van der Waals surface area contributed by atoms with E-state index >= 15 is 0 Å². The van der Waals surface area contributed by atoms with Gasteiger partial charge < -0.3 is 0 Å². The van der Waals surface area contributed by atoms with Gasteiger partial charge in [0.1, 0.15) is 11.0 Å². The van der Waals surface area contributed by atoms with Gasteiger partial charge in [-0.15, -0.1) is 10.2 Å². The number of rotatable bonds is 3. The van der Waals surface area contributed by atoms with E-state index in [-0.39, 0.29) is 0 Å². The highest BCUT2D eigenvalue weighted by Gasteiger charge is 2.19. The Morgan fingerprint density at radius 3 is 1.38 bits per heavy atom. The van der Waals surface area contributed by atoms with Crippen molar-refractivity contribution < 1.29 is 0 Å². The van der Waals surface area contributed by atoms with Crippen LogP contribution in [0.15, 0.2) is 140 Å². The molecule has 9 nitrogen and oxygen atoms in total. The van der Waals surface area contributed by atoms with Gasteiger partial charge in [0, 0.05) is 5.69 Å². The van der Waals surface area contributed by atoms with Crippen LogP contribution in [-0.4, -0.2) is 42.9 Å². The van der Waals surface area contributed by atoms with Gasteiger partial charge in [-0.25, -0.2) is 9.97 Å². The predicted molar refractivity (Wildman–Crippen MR) is 185 cm³/mol. The minimum atomic E-state index is 0.806. The minimum Gasteiger partial charge on any atom is -0.278 e. The fourth-order valence-corrected chi connectivity index (χ4v) is 7.10. The maximum Gasteiger partial charge on any atom is 0.220 e. The molecule has 0 saturated heterocycles. The molecule has 0 aliphatic carbocycles. The van der Waals surface area contributed by atoms with E-state index in [1.807, 2.05) is 18.2 Å². The summed E-state index contributed by atoms with van der Waals surface area (Å²) >= 11 is 0. The van der Waals surface area contributed by atoms with E-state index in [2.05, 4.69) is 139 Å². The third-order valence-electron chi connectivity index (χ3n) is 9.17. The Kier molecular flexibility index (Phi) is 4.66. The summed E-state index contributed by atoms with van der Waals surface area (Å²) in [6, 6.07) is 47.9. The summed E-state index contributed by atoms with van der Waals surface area (Å²) in [5.74, 6) is 1.75. The molecular formula is C38H23N9. The molecule has 0 spiro atoms. The molecule has 0 radical (unpaired) electrons. The van der Waals surface area contributed by atoms with E-state index < -0.39 is 0 Å². The second-order valence-electron chi connectivity index (χ2n) is 11.8. The number of benzene rings is 6. The maximum absolute atomic E-state index is 5.02. The zero-order valence-corrected chi connectivity index (χ0v) is 24.8. The van der Waals surface area contributed by atoms with Gasteiger partial charge in [0.15, 0.2) is 0 Å². The van der Waals surface area contributed by atoms with Gasteiger partial charge >= 0.3 is 0 Å². The standard InChI is InChI=1S/C38H23N9/c1-3-11-31-28(9-1)39-37-43(33-13-5-7-15-35(33)45(31)37)24-17-19-25(20-18-24)47-41-27-22-21-26(23-30(27)42-47)44-34-14-6-8-16-36(34)46-32-12-4-2-10-29(32)40-38(44)46/h1-23H. The molecule has 47 heavy (non-hydrogen) atoms. The molecule has 5 aromatic heterocycles. The van der Waals surface area contributed by atoms with Gasteiger partial charge in [-0.2, -0.15) is 4.80 Å². The van der Waals surface area contributed by atoms with Crippen LogP contribution in [0.5, 0.6) is 0 Å². The zero-order valence-electron chi connectivity index (χ0n) is 24.8. The molecule has 0 fully saturated rings. The van der Waals surface area contributed by atoms with Crippen molar-refractivity contribution in [3.8, 4) is 17.1 Å². The number of fused-ring (bicyclic) bond motifs is 11. The van der Waals surface area contributed by atoms with Gasteiger partial charge in [-0.1, -0.05) is 48.5 Å². The van der Waals surface area contributed by atoms with Crippen LogP contribution in [0.3, 0.4) is 0 Å². The fraction of sp³-hybridized carbons (Fsp3) is 0. The second kappa shape index (κ2) is 8.92. The molecule has 0 amide bonds. The molecular weight excluding hydrogens is 582 g/mol. The van der Waals surface area contributed by atoms with Crippen molar-refractivity contribution in [3.05, 3.63) is 140 Å². The number of imidazole rings is 4. The molecule has 0 N–H and O–H groups in total. The first-order valence-electron chi connectivity index (χ1n) is 15.5. The Hall–Kier alpha value is -6.74. The molecule has 0 bridgehead atoms. The highest BCUT2D eigenvalue weighted by molar-refractivity contribution is 5.93. The van der Waals surface area contributed by atoms with Crippen LogP contribution in [-0.2, 0) is 0 Å². The topological polar surface area (TPSA) is 75.2 Å². The molecule has 5 heterocycles. The third-order valence-corrected chi connectivity index (χ3v) is 9.17. The summed E-state index contributed by atoms with van der Waals surface area (Å²) in [6.45, 7) is 0. The van der Waals surface area contributed by atoms with Crippen molar-refractivity contribution in [2.45, 2.75) is 0 Å². The van der Waals surface area contributed by atoms with Gasteiger partial charge in [0.25, 0.3) is 0 Å². The lowest BCUT2D eigenvalue weighted by molar-refractivity contribution is 0.765. The van der Waals surface area contributed by atoms with Crippen molar-refractivity contribution >= 4 is 66.7 Å². The highest BCUT2D eigenvalue weighted by atomic mass is 15.5. The Labute approximate surface area is 265 Å². The predicted octanol–water partition coefficient (Wildman–Crippen LogP) is 7.91. The fourth-order valence-electron chi connectivity index (χ4n) is 7.10. The number of hydrogen-bond donors (Lipinski definition) is 0. The van der Waals surface area contributed by atoms with Crippen LogP contribution in [0.25, 0.3) is 83.8 Å². The van der Waals surface area contributed by atoms with Crippen LogP contribution in [0.2, 0.25) is 0 Å². The van der Waals surface area contributed by atoms with Gasteiger partial charge in [-0.3, -0.25) is 17.9 Å². The first-order chi connectivity index (χ1) is 23.3. The Balaban J connectivity index is 1.03. The molecule has 0 saturated carbocycles. The normalized spacial score (nSPS) is 12.3. The van der Waals surface area contributed by atoms with Crippen LogP contribution in [0, 0.1) is 0 Å². The summed E-state index contributed by atoms with van der Waals surface area (Å²) in [6.07, 6.45) is 0. The van der Waals surface area contributed by atoms with Crippen molar-refractivity contribution in [1.29, 1.82) is 0 Å². The molecule has 11 aromatic rings. The maximum atomic E-state index is 5.02. The number of para-hydroxylation sites is 8. The quantitative estimate of drug-likeness (QED) is 0.205. The van der Waals surface area contributed by atoms with Gasteiger partial charge in [0.2, 0.25) is 11.6 Å². The van der Waals surface area contributed by atoms with E-state index in [4.69, 9.17) is 20.2 Å². The summed E-state index contributed by atoms with van der Waals surface area (Å²) in [5.41, 5.74) is 13.0. The SMILES string of the molecule is c1ccc2c(c1)nc1n(-c3ccc(-n4nc5ccc(-n6c7ccccc7n7c8ccccc8nc67)cc5n4)cc3)c3ccccc3n21. The Morgan fingerprint density at radius 1 is 0.340 bits per heavy atom. The number of nitrogens with zero attached hydrogens (tertiary/aromatic N) is 9. The monoisotopic (exact) mass is 605 g/mol. The minimum absolute atomic E-state index is 0.806. The van der Waals surface area contributed by atoms with Crippen molar-refractivity contribution in [3.63, 3.8) is 0 Å².